The predicted molar refractivity (Wildman–Crippen MR) is 130 cm³/mol. The molecule has 0 atom stereocenters. The third-order valence-corrected chi connectivity index (χ3v) is 7.42. The minimum Gasteiger partial charge on any atom is -0.369 e. The average Bonchev–Trinajstić information content (AvgIpc) is 3.26. The second kappa shape index (κ2) is 10.1. The van der Waals surface area contributed by atoms with E-state index < -0.39 is 0 Å². The number of aromatic amines is 1. The van der Waals surface area contributed by atoms with E-state index in [-0.39, 0.29) is 11.5 Å². The van der Waals surface area contributed by atoms with Crippen molar-refractivity contribution in [3.63, 3.8) is 0 Å². The lowest BCUT2D eigenvalue weighted by Gasteiger charge is -2.43. The van der Waals surface area contributed by atoms with Crippen LogP contribution in [-0.4, -0.2) is 43.0 Å². The molecule has 6 heteroatoms. The molecule has 0 radical (unpaired) electrons. The fourth-order valence-electron chi connectivity index (χ4n) is 5.09. The Labute approximate surface area is 197 Å². The molecule has 2 saturated carbocycles. The van der Waals surface area contributed by atoms with Crippen molar-refractivity contribution in [1.82, 2.24) is 9.88 Å². The van der Waals surface area contributed by atoms with Gasteiger partial charge in [0.1, 0.15) is 11.8 Å². The van der Waals surface area contributed by atoms with Crippen LogP contribution in [0.5, 0.6) is 0 Å². The van der Waals surface area contributed by atoms with Gasteiger partial charge >= 0.3 is 0 Å². The summed E-state index contributed by atoms with van der Waals surface area (Å²) in [6.45, 7) is 3.95. The number of ether oxygens (including phenoxy) is 1. The summed E-state index contributed by atoms with van der Waals surface area (Å²) >= 11 is 0. The molecule has 1 heterocycles. The summed E-state index contributed by atoms with van der Waals surface area (Å²) < 4.78 is 6.46. The SMILES string of the molecule is CC1CCC(c2cc(C3(OCCN(C)C)CCC3)ccc2NC(=O)c2cc(C#N)c[nH]2)CC1. The van der Waals surface area contributed by atoms with Crippen molar-refractivity contribution in [3.8, 4) is 6.07 Å². The molecule has 0 unspecified atom stereocenters. The van der Waals surface area contributed by atoms with Crippen molar-refractivity contribution in [3.05, 3.63) is 52.8 Å². The Hall–Kier alpha value is -2.62. The van der Waals surface area contributed by atoms with E-state index >= 15 is 0 Å². The highest BCUT2D eigenvalue weighted by Crippen LogP contribution is 2.47. The highest BCUT2D eigenvalue weighted by molar-refractivity contribution is 6.03. The maximum Gasteiger partial charge on any atom is 0.272 e. The molecule has 2 N–H and O–H groups in total. The van der Waals surface area contributed by atoms with Gasteiger partial charge < -0.3 is 19.9 Å². The van der Waals surface area contributed by atoms with Gasteiger partial charge in [-0.05, 0) is 81.3 Å². The minimum atomic E-state index is -0.213. The number of aromatic nitrogens is 1. The van der Waals surface area contributed by atoms with Crippen molar-refractivity contribution in [2.45, 2.75) is 63.4 Å². The molecule has 0 saturated heterocycles. The zero-order valence-corrected chi connectivity index (χ0v) is 20.1. The Balaban J connectivity index is 1.60. The molecule has 2 fully saturated rings. The Kier molecular flexibility index (Phi) is 7.21. The molecule has 2 aliphatic rings. The molecule has 0 aliphatic heterocycles. The van der Waals surface area contributed by atoms with E-state index in [1.807, 2.05) is 0 Å². The number of amides is 1. The zero-order valence-electron chi connectivity index (χ0n) is 20.1. The lowest BCUT2D eigenvalue weighted by atomic mass is 9.72. The Morgan fingerprint density at radius 3 is 2.61 bits per heavy atom. The number of nitriles is 1. The molecule has 1 amide bonds. The molecule has 6 nitrogen and oxygen atoms in total. The molecule has 33 heavy (non-hydrogen) atoms. The third-order valence-electron chi connectivity index (χ3n) is 7.42. The summed E-state index contributed by atoms with van der Waals surface area (Å²) in [5, 5.41) is 12.2. The summed E-state index contributed by atoms with van der Waals surface area (Å²) in [6, 6.07) is 10.2. The van der Waals surface area contributed by atoms with Crippen molar-refractivity contribution in [2.75, 3.05) is 32.6 Å². The summed E-state index contributed by atoms with van der Waals surface area (Å²) in [5.41, 5.74) is 4.00. The van der Waals surface area contributed by atoms with Crippen LogP contribution in [0.2, 0.25) is 0 Å². The van der Waals surface area contributed by atoms with E-state index in [0.29, 0.717) is 17.2 Å². The van der Waals surface area contributed by atoms with Crippen LogP contribution in [0.4, 0.5) is 5.69 Å². The van der Waals surface area contributed by atoms with Gasteiger partial charge in [0.05, 0.1) is 17.8 Å². The number of nitrogens with one attached hydrogen (secondary N) is 2. The quantitative estimate of drug-likeness (QED) is 0.567. The van der Waals surface area contributed by atoms with Crippen molar-refractivity contribution in [2.24, 2.45) is 5.92 Å². The first kappa shape index (κ1) is 23.5. The van der Waals surface area contributed by atoms with Crippen LogP contribution in [0, 0.1) is 17.2 Å². The summed E-state index contributed by atoms with van der Waals surface area (Å²) in [5.74, 6) is 0.988. The molecule has 0 spiro atoms. The molecule has 176 valence electrons. The van der Waals surface area contributed by atoms with Crippen molar-refractivity contribution >= 4 is 11.6 Å². The standard InChI is InChI=1S/C27H36N4O2/c1-19-5-7-21(8-6-19)23-16-22(27(11-4-12-27)33-14-13-31(2)3)9-10-24(23)30-26(32)25-15-20(17-28)18-29-25/h9-10,15-16,18-19,21,29H,4-8,11-14H2,1-3H3,(H,30,32). The first-order chi connectivity index (χ1) is 15.9. The second-order valence-electron chi connectivity index (χ2n) is 10.1. The number of H-pyrrole nitrogens is 1. The van der Waals surface area contributed by atoms with Crippen LogP contribution in [0.3, 0.4) is 0 Å². The molecule has 1 aromatic heterocycles. The van der Waals surface area contributed by atoms with E-state index in [1.165, 1.54) is 30.4 Å². The monoisotopic (exact) mass is 448 g/mol. The molecular formula is C27H36N4O2. The number of carbonyl (C=O) groups is 1. The normalized spacial score (nSPS) is 21.9. The Morgan fingerprint density at radius 2 is 2.00 bits per heavy atom. The summed E-state index contributed by atoms with van der Waals surface area (Å²) in [4.78, 5) is 18.0. The van der Waals surface area contributed by atoms with Crippen LogP contribution >= 0.6 is 0 Å². The van der Waals surface area contributed by atoms with Crippen molar-refractivity contribution < 1.29 is 9.53 Å². The first-order valence-corrected chi connectivity index (χ1v) is 12.2. The maximum atomic E-state index is 12.9. The number of hydrogen-bond acceptors (Lipinski definition) is 4. The van der Waals surface area contributed by atoms with Gasteiger partial charge in [0.15, 0.2) is 0 Å². The second-order valence-corrected chi connectivity index (χ2v) is 10.1. The smallest absolute Gasteiger partial charge is 0.272 e. The molecule has 0 bridgehead atoms. The molecular weight excluding hydrogens is 412 g/mol. The number of benzene rings is 1. The van der Waals surface area contributed by atoms with Gasteiger partial charge in [-0.3, -0.25) is 4.79 Å². The maximum absolute atomic E-state index is 12.9. The fourth-order valence-corrected chi connectivity index (χ4v) is 5.09. The van der Waals surface area contributed by atoms with E-state index in [1.54, 1.807) is 12.3 Å². The van der Waals surface area contributed by atoms with Gasteiger partial charge in [-0.2, -0.15) is 5.26 Å². The zero-order chi connectivity index (χ0) is 23.4. The summed E-state index contributed by atoms with van der Waals surface area (Å²) in [7, 11) is 4.14. The number of likely N-dealkylation sites (N-methyl/N-ethyl adjacent to an activating group) is 1. The average molecular weight is 449 g/mol. The fraction of sp³-hybridized carbons (Fsp3) is 0.556. The number of nitrogens with zero attached hydrogens (tertiary/aromatic N) is 2. The third kappa shape index (κ3) is 5.31. The topological polar surface area (TPSA) is 81.2 Å². The van der Waals surface area contributed by atoms with Gasteiger partial charge in [-0.25, -0.2) is 0 Å². The number of anilines is 1. The molecule has 4 rings (SSSR count). The molecule has 2 aliphatic carbocycles. The van der Waals surface area contributed by atoms with Crippen molar-refractivity contribution in [1.29, 1.82) is 5.26 Å². The van der Waals surface area contributed by atoms with E-state index in [4.69, 9.17) is 10.00 Å². The lowest BCUT2D eigenvalue weighted by molar-refractivity contribution is -0.109. The van der Waals surface area contributed by atoms with E-state index in [9.17, 15) is 4.79 Å². The van der Waals surface area contributed by atoms with Crippen LogP contribution in [-0.2, 0) is 10.3 Å². The first-order valence-electron chi connectivity index (χ1n) is 12.2. The van der Waals surface area contributed by atoms with E-state index in [2.05, 4.69) is 60.5 Å². The van der Waals surface area contributed by atoms with Gasteiger partial charge in [0, 0.05) is 18.4 Å². The van der Waals surface area contributed by atoms with Gasteiger partial charge in [-0.1, -0.05) is 31.9 Å². The van der Waals surface area contributed by atoms with E-state index in [0.717, 1.165) is 50.4 Å². The van der Waals surface area contributed by atoms with Gasteiger partial charge in [-0.15, -0.1) is 0 Å². The van der Waals surface area contributed by atoms with Crippen LogP contribution in [0.25, 0.3) is 0 Å². The molecule has 2 aromatic rings. The molecule has 1 aromatic carbocycles. The highest BCUT2D eigenvalue weighted by atomic mass is 16.5. The number of carbonyl (C=O) groups excluding carboxylic acids is 1. The van der Waals surface area contributed by atoms with Crippen LogP contribution < -0.4 is 5.32 Å². The van der Waals surface area contributed by atoms with Crippen LogP contribution in [0.1, 0.15) is 85.0 Å². The van der Waals surface area contributed by atoms with Gasteiger partial charge in [0.2, 0.25) is 0 Å². The number of hydrogen-bond donors (Lipinski definition) is 2. The lowest BCUT2D eigenvalue weighted by Crippen LogP contribution is -2.39. The predicted octanol–water partition coefficient (Wildman–Crippen LogP) is 5.39. The van der Waals surface area contributed by atoms with Crippen LogP contribution in [0.15, 0.2) is 30.5 Å². The minimum absolute atomic E-state index is 0.198. The Bertz CT molecular complexity index is 1010. The summed E-state index contributed by atoms with van der Waals surface area (Å²) in [6.07, 6.45) is 9.56. The number of rotatable bonds is 8. The highest BCUT2D eigenvalue weighted by Gasteiger charge is 2.40. The Morgan fingerprint density at radius 1 is 1.24 bits per heavy atom. The largest absolute Gasteiger partial charge is 0.369 e. The van der Waals surface area contributed by atoms with Gasteiger partial charge in [0.25, 0.3) is 5.91 Å².